The van der Waals surface area contributed by atoms with E-state index in [0.717, 1.165) is 12.8 Å². The second-order valence-corrected chi connectivity index (χ2v) is 5.88. The predicted molar refractivity (Wildman–Crippen MR) is 91.6 cm³/mol. The van der Waals surface area contributed by atoms with Crippen molar-refractivity contribution in [3.05, 3.63) is 29.8 Å². The maximum atomic E-state index is 12.8. The minimum Gasteiger partial charge on any atom is -0.464 e. The van der Waals surface area contributed by atoms with Crippen LogP contribution in [0.25, 0.3) is 0 Å². The molecule has 0 aliphatic heterocycles. The van der Waals surface area contributed by atoms with Gasteiger partial charge in [-0.05, 0) is 31.9 Å². The number of rotatable bonds is 7. The lowest BCUT2D eigenvalue weighted by molar-refractivity contribution is 0.151. The molecule has 1 saturated carbocycles. The molecule has 8 heteroatoms. The van der Waals surface area contributed by atoms with Gasteiger partial charge in [-0.1, -0.05) is 25.0 Å². The van der Waals surface area contributed by atoms with E-state index in [1.54, 1.807) is 12.1 Å². The smallest absolute Gasteiger partial charge is 0.323 e. The zero-order valence-corrected chi connectivity index (χ0v) is 14.0. The van der Waals surface area contributed by atoms with Crippen LogP contribution in [-0.4, -0.2) is 27.6 Å². The Labute approximate surface area is 145 Å². The molecule has 0 atom stereocenters. The molecule has 1 aliphatic carbocycles. The van der Waals surface area contributed by atoms with Crippen LogP contribution in [0, 0.1) is 0 Å². The van der Waals surface area contributed by atoms with Crippen molar-refractivity contribution in [2.45, 2.75) is 45.1 Å². The van der Waals surface area contributed by atoms with Crippen molar-refractivity contribution in [1.29, 1.82) is 0 Å². The van der Waals surface area contributed by atoms with Gasteiger partial charge in [0.1, 0.15) is 0 Å². The van der Waals surface area contributed by atoms with Crippen molar-refractivity contribution < 1.29 is 13.5 Å². The topological polar surface area (TPSA) is 72.0 Å². The molecule has 25 heavy (non-hydrogen) atoms. The van der Waals surface area contributed by atoms with E-state index < -0.39 is 6.43 Å². The maximum Gasteiger partial charge on any atom is 0.323 e. The molecule has 1 aromatic heterocycles. The molecule has 3 rings (SSSR count). The lowest BCUT2D eigenvalue weighted by Crippen LogP contribution is -2.18. The average molecular weight is 349 g/mol. The third-order valence-corrected chi connectivity index (χ3v) is 3.97. The molecule has 0 saturated heterocycles. The van der Waals surface area contributed by atoms with Crippen LogP contribution < -0.4 is 15.4 Å². The molecule has 0 spiro atoms. The third-order valence-electron chi connectivity index (χ3n) is 3.97. The van der Waals surface area contributed by atoms with Crippen molar-refractivity contribution in [3.63, 3.8) is 0 Å². The number of hydrogen-bond donors (Lipinski definition) is 2. The van der Waals surface area contributed by atoms with Crippen LogP contribution in [0.15, 0.2) is 24.3 Å². The van der Waals surface area contributed by atoms with Gasteiger partial charge in [0.05, 0.1) is 6.61 Å². The van der Waals surface area contributed by atoms with Crippen LogP contribution >= 0.6 is 0 Å². The summed E-state index contributed by atoms with van der Waals surface area (Å²) in [6, 6.07) is 6.53. The van der Waals surface area contributed by atoms with E-state index >= 15 is 0 Å². The third kappa shape index (κ3) is 4.74. The molecule has 1 fully saturated rings. The fraction of sp³-hybridized carbons (Fsp3) is 0.471. The fourth-order valence-corrected chi connectivity index (χ4v) is 2.80. The molecule has 134 valence electrons. The molecule has 0 radical (unpaired) electrons. The van der Waals surface area contributed by atoms with E-state index in [2.05, 4.69) is 25.6 Å². The van der Waals surface area contributed by atoms with Crippen LogP contribution in [0.5, 0.6) is 6.01 Å². The standard InChI is InChI=1S/C17H21F2N5O/c1-2-25-17-23-15(20-12-7-3-4-8-12)22-16(24-17)21-13-9-5-6-11(10-13)14(18)19/h5-6,9-10,12,14H,2-4,7-8H2,1H3,(H2,20,21,22,23,24). The number of ether oxygens (including phenoxy) is 1. The van der Waals surface area contributed by atoms with Crippen molar-refractivity contribution >= 4 is 17.6 Å². The van der Waals surface area contributed by atoms with Crippen molar-refractivity contribution in [2.75, 3.05) is 17.2 Å². The number of halogens is 2. The highest BCUT2D eigenvalue weighted by atomic mass is 19.3. The number of anilines is 3. The summed E-state index contributed by atoms with van der Waals surface area (Å²) in [5.41, 5.74) is 0.423. The van der Waals surface area contributed by atoms with E-state index in [9.17, 15) is 8.78 Å². The second-order valence-electron chi connectivity index (χ2n) is 5.88. The summed E-state index contributed by atoms with van der Waals surface area (Å²) in [7, 11) is 0. The monoisotopic (exact) mass is 349 g/mol. The summed E-state index contributed by atoms with van der Waals surface area (Å²) < 4.78 is 31.1. The van der Waals surface area contributed by atoms with Crippen LogP contribution in [0.2, 0.25) is 0 Å². The highest BCUT2D eigenvalue weighted by Gasteiger charge is 2.17. The molecule has 2 aromatic rings. The summed E-state index contributed by atoms with van der Waals surface area (Å²) >= 11 is 0. The Balaban J connectivity index is 1.81. The highest BCUT2D eigenvalue weighted by molar-refractivity contribution is 5.55. The maximum absolute atomic E-state index is 12.8. The van der Waals surface area contributed by atoms with E-state index in [1.165, 1.54) is 25.0 Å². The number of benzene rings is 1. The highest BCUT2D eigenvalue weighted by Crippen LogP contribution is 2.25. The van der Waals surface area contributed by atoms with E-state index in [1.807, 2.05) is 6.92 Å². The second kappa shape index (κ2) is 8.04. The van der Waals surface area contributed by atoms with Gasteiger partial charge in [0.15, 0.2) is 0 Å². The molecule has 0 bridgehead atoms. The fourth-order valence-electron chi connectivity index (χ4n) is 2.80. The molecule has 1 heterocycles. The Kier molecular flexibility index (Phi) is 5.57. The van der Waals surface area contributed by atoms with Crippen LogP contribution in [0.3, 0.4) is 0 Å². The molecule has 0 amide bonds. The summed E-state index contributed by atoms with van der Waals surface area (Å²) in [5.74, 6) is 0.684. The van der Waals surface area contributed by atoms with Crippen molar-refractivity contribution in [2.24, 2.45) is 0 Å². The van der Waals surface area contributed by atoms with Gasteiger partial charge in [-0.3, -0.25) is 0 Å². The van der Waals surface area contributed by atoms with Crippen LogP contribution in [-0.2, 0) is 0 Å². The Bertz CT molecular complexity index is 707. The number of alkyl halides is 2. The Hall–Kier alpha value is -2.51. The molecule has 1 aliphatic rings. The molecular formula is C17H21F2N5O. The zero-order chi connectivity index (χ0) is 17.6. The normalized spacial score (nSPS) is 14.7. The van der Waals surface area contributed by atoms with Gasteiger partial charge in [0.25, 0.3) is 6.43 Å². The zero-order valence-electron chi connectivity index (χ0n) is 14.0. The Morgan fingerprint density at radius 3 is 2.64 bits per heavy atom. The van der Waals surface area contributed by atoms with Gasteiger partial charge in [-0.15, -0.1) is 0 Å². The van der Waals surface area contributed by atoms with E-state index in [4.69, 9.17) is 4.74 Å². The summed E-state index contributed by atoms with van der Waals surface area (Å²) in [4.78, 5) is 12.8. The largest absolute Gasteiger partial charge is 0.464 e. The van der Waals surface area contributed by atoms with E-state index in [0.29, 0.717) is 24.3 Å². The van der Waals surface area contributed by atoms with Gasteiger partial charge in [0.2, 0.25) is 11.9 Å². The molecule has 1 aromatic carbocycles. The van der Waals surface area contributed by atoms with Crippen LogP contribution in [0.4, 0.5) is 26.4 Å². The lowest BCUT2D eigenvalue weighted by atomic mass is 10.2. The number of hydrogen-bond acceptors (Lipinski definition) is 6. The first-order chi connectivity index (χ1) is 12.1. The minimum atomic E-state index is -2.53. The van der Waals surface area contributed by atoms with E-state index in [-0.39, 0.29) is 17.5 Å². The van der Waals surface area contributed by atoms with Gasteiger partial charge in [-0.2, -0.15) is 15.0 Å². The average Bonchev–Trinajstić information content (AvgIpc) is 3.08. The van der Waals surface area contributed by atoms with Gasteiger partial charge >= 0.3 is 6.01 Å². The quantitative estimate of drug-likeness (QED) is 0.776. The molecule has 0 unspecified atom stereocenters. The SMILES string of the molecule is CCOc1nc(Nc2cccc(C(F)F)c2)nc(NC2CCCC2)n1. The molecular weight excluding hydrogens is 328 g/mol. The number of nitrogens with zero attached hydrogens (tertiary/aromatic N) is 3. The van der Waals surface area contributed by atoms with Gasteiger partial charge in [0, 0.05) is 17.3 Å². The summed E-state index contributed by atoms with van der Waals surface area (Å²) in [5, 5.41) is 6.24. The van der Waals surface area contributed by atoms with Crippen molar-refractivity contribution in [1.82, 2.24) is 15.0 Å². The summed E-state index contributed by atoms with van der Waals surface area (Å²) in [6.45, 7) is 2.26. The Morgan fingerprint density at radius 1 is 1.16 bits per heavy atom. The van der Waals surface area contributed by atoms with Crippen LogP contribution in [0.1, 0.15) is 44.6 Å². The van der Waals surface area contributed by atoms with Gasteiger partial charge in [-0.25, -0.2) is 8.78 Å². The first kappa shape index (κ1) is 17.3. The lowest BCUT2D eigenvalue weighted by Gasteiger charge is -2.14. The van der Waals surface area contributed by atoms with Gasteiger partial charge < -0.3 is 15.4 Å². The first-order valence-corrected chi connectivity index (χ1v) is 8.44. The molecule has 2 N–H and O–H groups in total. The number of aromatic nitrogens is 3. The first-order valence-electron chi connectivity index (χ1n) is 8.44. The van der Waals surface area contributed by atoms with Crippen molar-refractivity contribution in [3.8, 4) is 6.01 Å². The molecule has 6 nitrogen and oxygen atoms in total. The number of nitrogens with one attached hydrogen (secondary N) is 2. The minimum absolute atomic E-state index is 0.0617. The summed E-state index contributed by atoms with van der Waals surface area (Å²) in [6.07, 6.45) is 2.00. The predicted octanol–water partition coefficient (Wildman–Crippen LogP) is 4.31. The Morgan fingerprint density at radius 2 is 1.92 bits per heavy atom.